The molecular weight excluding hydrogens is 260 g/mol. The van der Waals surface area contributed by atoms with Crippen LogP contribution >= 0.6 is 0 Å². The molecule has 4 nitrogen and oxygen atoms in total. The molecule has 0 aliphatic carbocycles. The molecule has 0 unspecified atom stereocenters. The van der Waals surface area contributed by atoms with E-state index in [4.69, 9.17) is 5.73 Å². The van der Waals surface area contributed by atoms with Gasteiger partial charge in [-0.15, -0.1) is 0 Å². The van der Waals surface area contributed by atoms with Crippen molar-refractivity contribution in [1.29, 1.82) is 0 Å². The van der Waals surface area contributed by atoms with Crippen LogP contribution in [0.1, 0.15) is 25.0 Å². The number of nitrogens with zero attached hydrogens (tertiary/aromatic N) is 2. The molecule has 0 aliphatic rings. The van der Waals surface area contributed by atoms with Crippen LogP contribution in [-0.4, -0.2) is 21.7 Å². The summed E-state index contributed by atoms with van der Waals surface area (Å²) < 4.78 is 0. The number of fused-ring (bicyclic) bond motifs is 1. The van der Waals surface area contributed by atoms with Crippen molar-refractivity contribution >= 4 is 11.0 Å². The molecule has 0 saturated carbocycles. The molecule has 2 heterocycles. The molecule has 0 spiro atoms. The second-order valence-corrected chi connectivity index (χ2v) is 6.17. The van der Waals surface area contributed by atoms with E-state index in [1.807, 2.05) is 18.5 Å². The van der Waals surface area contributed by atoms with E-state index in [-0.39, 0.29) is 5.41 Å². The second kappa shape index (κ2) is 4.97. The van der Waals surface area contributed by atoms with Gasteiger partial charge in [-0.2, -0.15) is 5.10 Å². The number of aryl methyl sites for hydroxylation is 1. The largest absolute Gasteiger partial charge is 0.330 e. The molecule has 0 aliphatic heterocycles. The third-order valence-corrected chi connectivity index (χ3v) is 4.03. The molecule has 3 rings (SSSR count). The van der Waals surface area contributed by atoms with Crippen molar-refractivity contribution < 1.29 is 0 Å². The first-order valence-corrected chi connectivity index (χ1v) is 7.12. The van der Waals surface area contributed by atoms with Crippen molar-refractivity contribution in [2.75, 3.05) is 6.54 Å². The van der Waals surface area contributed by atoms with Gasteiger partial charge in [0.1, 0.15) is 0 Å². The van der Waals surface area contributed by atoms with Crippen LogP contribution in [0.15, 0.2) is 36.7 Å². The quantitative estimate of drug-likeness (QED) is 0.774. The summed E-state index contributed by atoms with van der Waals surface area (Å²) in [5, 5.41) is 8.05. The molecule has 3 N–H and O–H groups in total. The Hall–Kier alpha value is -2.20. The van der Waals surface area contributed by atoms with Crippen LogP contribution in [0.4, 0.5) is 0 Å². The maximum atomic E-state index is 5.93. The van der Waals surface area contributed by atoms with Crippen LogP contribution in [0.25, 0.3) is 22.2 Å². The van der Waals surface area contributed by atoms with Gasteiger partial charge in [0.25, 0.3) is 0 Å². The summed E-state index contributed by atoms with van der Waals surface area (Å²) in [5.74, 6) is 0. The van der Waals surface area contributed by atoms with Crippen LogP contribution in [0.3, 0.4) is 0 Å². The minimum absolute atomic E-state index is 0.0384. The van der Waals surface area contributed by atoms with Gasteiger partial charge in [0, 0.05) is 23.5 Å². The summed E-state index contributed by atoms with van der Waals surface area (Å²) >= 11 is 0. The number of benzene rings is 1. The van der Waals surface area contributed by atoms with E-state index in [0.717, 1.165) is 16.6 Å². The van der Waals surface area contributed by atoms with E-state index in [0.29, 0.717) is 6.54 Å². The number of nitrogens with two attached hydrogens (primary N) is 1. The molecule has 0 saturated heterocycles. The van der Waals surface area contributed by atoms with Gasteiger partial charge in [-0.05, 0) is 29.7 Å². The molecule has 1 aromatic carbocycles. The van der Waals surface area contributed by atoms with Gasteiger partial charge < -0.3 is 5.73 Å². The summed E-state index contributed by atoms with van der Waals surface area (Å²) in [7, 11) is 0. The molecule has 0 bridgehead atoms. The van der Waals surface area contributed by atoms with Gasteiger partial charge in [0.05, 0.1) is 6.20 Å². The van der Waals surface area contributed by atoms with Crippen molar-refractivity contribution in [2.45, 2.75) is 26.2 Å². The molecule has 0 amide bonds. The predicted molar refractivity (Wildman–Crippen MR) is 86.1 cm³/mol. The molecule has 0 radical (unpaired) electrons. The first-order chi connectivity index (χ1) is 10.0. The van der Waals surface area contributed by atoms with Crippen molar-refractivity contribution in [2.24, 2.45) is 5.73 Å². The highest BCUT2D eigenvalue weighted by Gasteiger charge is 2.20. The van der Waals surface area contributed by atoms with Crippen LogP contribution in [0.2, 0.25) is 0 Å². The van der Waals surface area contributed by atoms with Crippen LogP contribution < -0.4 is 5.73 Å². The Morgan fingerprint density at radius 3 is 2.81 bits per heavy atom. The maximum absolute atomic E-state index is 5.93. The SMILES string of the molecule is Cc1cc(-c2ccnc3[nH]ncc23)cc(C(C)(C)CN)c1. The predicted octanol–water partition coefficient (Wildman–Crippen LogP) is 3.17. The lowest BCUT2D eigenvalue weighted by Crippen LogP contribution is -2.28. The molecule has 0 fully saturated rings. The average Bonchev–Trinajstić information content (AvgIpc) is 2.94. The van der Waals surface area contributed by atoms with E-state index in [9.17, 15) is 0 Å². The highest BCUT2D eigenvalue weighted by Crippen LogP contribution is 2.31. The summed E-state index contributed by atoms with van der Waals surface area (Å²) in [6.45, 7) is 7.08. The molecule has 2 aromatic heterocycles. The molecule has 0 atom stereocenters. The topological polar surface area (TPSA) is 67.6 Å². The van der Waals surface area contributed by atoms with Gasteiger partial charge in [0.2, 0.25) is 0 Å². The number of nitrogens with one attached hydrogen (secondary N) is 1. The first-order valence-electron chi connectivity index (χ1n) is 7.12. The van der Waals surface area contributed by atoms with Gasteiger partial charge >= 0.3 is 0 Å². The monoisotopic (exact) mass is 280 g/mol. The number of aromatic nitrogens is 3. The van der Waals surface area contributed by atoms with E-state index in [1.165, 1.54) is 16.7 Å². The Kier molecular flexibility index (Phi) is 3.26. The zero-order valence-electron chi connectivity index (χ0n) is 12.6. The Balaban J connectivity index is 2.21. The van der Waals surface area contributed by atoms with Gasteiger partial charge in [-0.25, -0.2) is 4.98 Å². The molecule has 3 aromatic rings. The van der Waals surface area contributed by atoms with Crippen molar-refractivity contribution in [1.82, 2.24) is 15.2 Å². The van der Waals surface area contributed by atoms with E-state index >= 15 is 0 Å². The first kappa shape index (κ1) is 13.8. The fraction of sp³-hybridized carbons (Fsp3) is 0.294. The van der Waals surface area contributed by atoms with Gasteiger partial charge in [-0.3, -0.25) is 5.10 Å². The Morgan fingerprint density at radius 1 is 1.24 bits per heavy atom. The second-order valence-electron chi connectivity index (χ2n) is 6.17. The smallest absolute Gasteiger partial charge is 0.155 e. The number of rotatable bonds is 3. The molecule has 4 heteroatoms. The Bertz CT molecular complexity index is 786. The number of aromatic amines is 1. The van der Waals surface area contributed by atoms with E-state index in [2.05, 4.69) is 54.2 Å². The van der Waals surface area contributed by atoms with Crippen molar-refractivity contribution in [3.8, 4) is 11.1 Å². The lowest BCUT2D eigenvalue weighted by atomic mass is 9.82. The van der Waals surface area contributed by atoms with Crippen LogP contribution in [0.5, 0.6) is 0 Å². The van der Waals surface area contributed by atoms with Gasteiger partial charge in [-0.1, -0.05) is 37.6 Å². The third-order valence-electron chi connectivity index (χ3n) is 4.03. The fourth-order valence-electron chi connectivity index (χ4n) is 2.55. The summed E-state index contributed by atoms with van der Waals surface area (Å²) in [5.41, 5.74) is 11.5. The zero-order valence-corrected chi connectivity index (χ0v) is 12.6. The number of H-pyrrole nitrogens is 1. The summed E-state index contributed by atoms with van der Waals surface area (Å²) in [6, 6.07) is 8.66. The van der Waals surface area contributed by atoms with E-state index < -0.39 is 0 Å². The standard InChI is InChI=1S/C17H20N4/c1-11-6-12(8-13(7-11)17(2,3)10-18)14-4-5-19-16-15(14)9-20-21-16/h4-9H,10,18H2,1-3H3,(H,19,20,21). The van der Waals surface area contributed by atoms with Crippen molar-refractivity contribution in [3.05, 3.63) is 47.8 Å². The van der Waals surface area contributed by atoms with E-state index in [1.54, 1.807) is 0 Å². The maximum Gasteiger partial charge on any atom is 0.155 e. The molecule has 108 valence electrons. The van der Waals surface area contributed by atoms with Crippen LogP contribution in [-0.2, 0) is 5.41 Å². The molecular formula is C17H20N4. The average molecular weight is 280 g/mol. The normalized spacial score (nSPS) is 12.0. The number of hydrogen-bond donors (Lipinski definition) is 2. The highest BCUT2D eigenvalue weighted by molar-refractivity contribution is 5.92. The Labute approximate surface area is 124 Å². The number of pyridine rings is 1. The summed E-state index contributed by atoms with van der Waals surface area (Å²) in [6.07, 6.45) is 3.64. The lowest BCUT2D eigenvalue weighted by molar-refractivity contribution is 0.539. The minimum atomic E-state index is -0.0384. The van der Waals surface area contributed by atoms with Gasteiger partial charge in [0.15, 0.2) is 5.65 Å². The van der Waals surface area contributed by atoms with Crippen LogP contribution in [0, 0.1) is 6.92 Å². The van der Waals surface area contributed by atoms with Crippen molar-refractivity contribution in [3.63, 3.8) is 0 Å². The third kappa shape index (κ3) is 2.43. The summed E-state index contributed by atoms with van der Waals surface area (Å²) in [4.78, 5) is 4.30. The molecule has 21 heavy (non-hydrogen) atoms. The minimum Gasteiger partial charge on any atom is -0.330 e. The highest BCUT2D eigenvalue weighted by atomic mass is 15.1. The fourth-order valence-corrected chi connectivity index (χ4v) is 2.55. The Morgan fingerprint density at radius 2 is 2.05 bits per heavy atom. The number of hydrogen-bond acceptors (Lipinski definition) is 3. The lowest BCUT2D eigenvalue weighted by Gasteiger charge is -2.24. The zero-order chi connectivity index (χ0) is 15.0.